The van der Waals surface area contributed by atoms with E-state index >= 15 is 0 Å². The van der Waals surface area contributed by atoms with Gasteiger partial charge in [-0.1, -0.05) is 36.6 Å². The van der Waals surface area contributed by atoms with Crippen molar-refractivity contribution in [2.45, 2.75) is 0 Å². The molecule has 0 radical (unpaired) electrons. The first-order valence-corrected chi connectivity index (χ1v) is 9.67. The van der Waals surface area contributed by atoms with E-state index in [2.05, 4.69) is 34.4 Å². The molecule has 0 N–H and O–H groups in total. The van der Waals surface area contributed by atoms with Crippen LogP contribution < -0.4 is 0 Å². The Balaban J connectivity index is -0.000000430. The van der Waals surface area contributed by atoms with Crippen molar-refractivity contribution in [3.63, 3.8) is 0 Å². The maximum absolute atomic E-state index is 11.4. The summed E-state index contributed by atoms with van der Waals surface area (Å²) >= 11 is 7.40. The molecular weight excluding hydrogens is 503 g/mol. The number of hydrogen-bond donors (Lipinski definition) is 0. The Morgan fingerprint density at radius 2 is 1.09 bits per heavy atom. The zero-order chi connectivity index (χ0) is 24.8. The fraction of sp³-hybridized carbons (Fsp3) is 0.182. The summed E-state index contributed by atoms with van der Waals surface area (Å²) in [5, 5.41) is 16.9. The minimum atomic E-state index is -0.0747. The Morgan fingerprint density at radius 3 is 1.30 bits per heavy atom. The summed E-state index contributed by atoms with van der Waals surface area (Å²) in [7, 11) is 7.45. The van der Waals surface area contributed by atoms with Crippen LogP contribution in [-0.4, -0.2) is 69.8 Å². The molecule has 2 aromatic rings. The molecule has 0 aliphatic heterocycles. The summed E-state index contributed by atoms with van der Waals surface area (Å²) in [6, 6.07) is 10.6. The molecule has 8 nitrogen and oxygen atoms in total. The SMILES string of the molecule is CN(C)/C=C/C(=O)c1ccccn1.CN(C)/C=C/C(=O)c1ccccn1.[N-]=C=S.[N-]=C=S.[Ni+2]. The normalized spacial score (nSPS) is 8.61. The molecule has 33 heavy (non-hydrogen) atoms. The van der Waals surface area contributed by atoms with Crippen molar-refractivity contribution >= 4 is 46.3 Å². The number of pyridine rings is 2. The molecule has 0 unspecified atom stereocenters. The molecule has 0 fully saturated rings. The average molecular weight is 527 g/mol. The molecule has 0 aliphatic carbocycles. The molecule has 0 amide bonds. The van der Waals surface area contributed by atoms with Crippen LogP contribution in [0, 0.1) is 0 Å². The van der Waals surface area contributed by atoms with Crippen molar-refractivity contribution in [3.8, 4) is 0 Å². The maximum atomic E-state index is 11.4. The van der Waals surface area contributed by atoms with Gasteiger partial charge in [-0.15, -0.1) is 0 Å². The summed E-state index contributed by atoms with van der Waals surface area (Å²) in [6.07, 6.45) is 9.63. The van der Waals surface area contributed by atoms with Crippen LogP contribution in [0.25, 0.3) is 10.8 Å². The van der Waals surface area contributed by atoms with E-state index in [0.29, 0.717) is 11.4 Å². The molecule has 0 atom stereocenters. The zero-order valence-corrected chi connectivity index (χ0v) is 21.2. The van der Waals surface area contributed by atoms with Gasteiger partial charge < -0.3 is 20.6 Å². The van der Waals surface area contributed by atoms with Crippen LogP contribution in [0.2, 0.25) is 0 Å². The van der Waals surface area contributed by atoms with Gasteiger partial charge in [0.25, 0.3) is 0 Å². The van der Waals surface area contributed by atoms with Crippen molar-refractivity contribution in [2.75, 3.05) is 28.2 Å². The first-order chi connectivity index (χ1) is 15.2. The summed E-state index contributed by atoms with van der Waals surface area (Å²) < 4.78 is 0. The van der Waals surface area contributed by atoms with Gasteiger partial charge in [-0.3, -0.25) is 19.6 Å². The average Bonchev–Trinajstić information content (AvgIpc) is 2.78. The van der Waals surface area contributed by atoms with Gasteiger partial charge in [-0.2, -0.15) is 10.3 Å². The van der Waals surface area contributed by atoms with E-state index in [9.17, 15) is 9.59 Å². The van der Waals surface area contributed by atoms with Crippen molar-refractivity contribution < 1.29 is 26.1 Å². The standard InChI is InChI=1S/2C10H12N2O.2CNS.Ni/c2*1-12(2)8-6-10(13)9-5-3-4-7-11-9;2*2-1-3;/h2*3-8H,1-2H3;;;/q;;2*-1;+2/b2*8-6+;;;. The van der Waals surface area contributed by atoms with E-state index < -0.39 is 0 Å². The molecule has 0 spiro atoms. The Morgan fingerprint density at radius 1 is 0.788 bits per heavy atom. The summed E-state index contributed by atoms with van der Waals surface area (Å²) in [4.78, 5) is 34.2. The largest absolute Gasteiger partial charge is 2.00 e. The van der Waals surface area contributed by atoms with Crippen LogP contribution in [0.5, 0.6) is 0 Å². The number of aromatic nitrogens is 2. The minimum Gasteiger partial charge on any atom is -0.753 e. The molecule has 0 saturated carbocycles. The maximum Gasteiger partial charge on any atom is 2.00 e. The van der Waals surface area contributed by atoms with Gasteiger partial charge in [0.1, 0.15) is 11.4 Å². The minimum absolute atomic E-state index is 0. The van der Waals surface area contributed by atoms with E-state index in [0.717, 1.165) is 0 Å². The third-order valence-electron chi connectivity index (χ3n) is 2.88. The molecule has 2 heterocycles. The smallest absolute Gasteiger partial charge is 0.753 e. The first-order valence-electron chi connectivity index (χ1n) is 8.85. The predicted molar refractivity (Wildman–Crippen MR) is 135 cm³/mol. The second-order valence-electron chi connectivity index (χ2n) is 5.90. The molecule has 11 heteroatoms. The Hall–Kier alpha value is -3.19. The van der Waals surface area contributed by atoms with E-state index in [1.54, 1.807) is 71.0 Å². The number of allylic oxidation sites excluding steroid dienone is 2. The van der Waals surface area contributed by atoms with Crippen LogP contribution in [0.3, 0.4) is 0 Å². The Kier molecular flexibility index (Phi) is 24.5. The van der Waals surface area contributed by atoms with Crippen molar-refractivity contribution in [1.29, 1.82) is 0 Å². The number of rotatable bonds is 6. The van der Waals surface area contributed by atoms with Crippen LogP contribution >= 0.6 is 24.4 Å². The number of thiocarbonyl (C=S) groups is 2. The predicted octanol–water partition coefficient (Wildman–Crippen LogP) is 3.99. The van der Waals surface area contributed by atoms with Gasteiger partial charge in [0.15, 0.2) is 0 Å². The fourth-order valence-electron chi connectivity index (χ4n) is 1.62. The van der Waals surface area contributed by atoms with Crippen LogP contribution in [-0.2, 0) is 16.5 Å². The first kappa shape index (κ1) is 34.4. The molecule has 0 saturated heterocycles. The summed E-state index contributed by atoms with van der Waals surface area (Å²) in [6.45, 7) is 0. The number of carbonyl (C=O) groups excluding carboxylic acids is 2. The monoisotopic (exact) mass is 526 g/mol. The van der Waals surface area contributed by atoms with E-state index in [1.807, 2.05) is 28.2 Å². The van der Waals surface area contributed by atoms with Crippen molar-refractivity contribution in [3.05, 3.63) is 95.6 Å². The van der Waals surface area contributed by atoms with Crippen molar-refractivity contribution in [2.24, 2.45) is 0 Å². The van der Waals surface area contributed by atoms with Gasteiger partial charge in [0.2, 0.25) is 11.6 Å². The zero-order valence-electron chi connectivity index (χ0n) is 18.6. The number of carbonyl (C=O) groups is 2. The van der Waals surface area contributed by atoms with Crippen molar-refractivity contribution in [1.82, 2.24) is 19.8 Å². The second-order valence-corrected chi connectivity index (χ2v) is 6.26. The van der Waals surface area contributed by atoms with Crippen LogP contribution in [0.15, 0.2) is 73.3 Å². The number of isothiocyanates is 2. The van der Waals surface area contributed by atoms with Crippen LogP contribution in [0.1, 0.15) is 21.0 Å². The Bertz CT molecular complexity index is 847. The molecule has 0 aromatic carbocycles. The van der Waals surface area contributed by atoms with Gasteiger partial charge in [-0.05, 0) is 24.3 Å². The molecule has 2 rings (SSSR count). The molecule has 176 valence electrons. The topological polar surface area (TPSA) is 111 Å². The van der Waals surface area contributed by atoms with Gasteiger partial charge >= 0.3 is 16.5 Å². The molecule has 2 aromatic heterocycles. The second kappa shape index (κ2) is 23.5. The summed E-state index contributed by atoms with van der Waals surface area (Å²) in [5.74, 6) is -0.149. The quantitative estimate of drug-likeness (QED) is 0.182. The van der Waals surface area contributed by atoms with Gasteiger partial charge in [-0.25, -0.2) is 0 Å². The van der Waals surface area contributed by atoms with Gasteiger partial charge in [0, 0.05) is 65.1 Å². The van der Waals surface area contributed by atoms with E-state index in [4.69, 9.17) is 10.8 Å². The third-order valence-corrected chi connectivity index (χ3v) is 2.88. The molecular formula is C22H24N6NiO2S2. The number of hydrogen-bond acceptors (Lipinski definition) is 8. The van der Waals surface area contributed by atoms with Gasteiger partial charge in [0.05, 0.1) is 0 Å². The summed E-state index contributed by atoms with van der Waals surface area (Å²) in [5.41, 5.74) is 0.946. The molecule has 0 bridgehead atoms. The number of ketones is 2. The van der Waals surface area contributed by atoms with Crippen LogP contribution in [0.4, 0.5) is 0 Å². The number of nitrogens with zero attached hydrogens (tertiary/aromatic N) is 6. The molecule has 0 aliphatic rings. The fourth-order valence-corrected chi connectivity index (χ4v) is 1.62. The van der Waals surface area contributed by atoms with E-state index in [1.165, 1.54) is 22.5 Å². The Labute approximate surface area is 215 Å². The third kappa shape index (κ3) is 21.8. The van der Waals surface area contributed by atoms with E-state index in [-0.39, 0.29) is 28.1 Å².